The molecule has 2 heterocycles. The van der Waals surface area contributed by atoms with Gasteiger partial charge in [-0.3, -0.25) is 9.59 Å². The SMILES string of the molecule is Cc1cn(C)cc1C(=O)ON1C(=O)c2ccccc2C1=O. The van der Waals surface area contributed by atoms with Crippen molar-refractivity contribution in [1.82, 2.24) is 9.63 Å². The van der Waals surface area contributed by atoms with E-state index in [1.54, 1.807) is 43.1 Å². The molecule has 21 heavy (non-hydrogen) atoms. The first-order valence-corrected chi connectivity index (χ1v) is 6.31. The van der Waals surface area contributed by atoms with E-state index in [-0.39, 0.29) is 11.1 Å². The summed E-state index contributed by atoms with van der Waals surface area (Å²) in [7, 11) is 1.77. The Morgan fingerprint density at radius 3 is 2.10 bits per heavy atom. The fourth-order valence-electron chi connectivity index (χ4n) is 2.31. The van der Waals surface area contributed by atoms with Gasteiger partial charge in [0, 0.05) is 19.4 Å². The lowest BCUT2D eigenvalue weighted by atomic mass is 10.1. The fraction of sp³-hybridized carbons (Fsp3) is 0.133. The molecular formula is C15H12N2O4. The number of hydrogen-bond acceptors (Lipinski definition) is 4. The van der Waals surface area contributed by atoms with Crippen molar-refractivity contribution in [1.29, 1.82) is 0 Å². The molecule has 6 nitrogen and oxygen atoms in total. The monoisotopic (exact) mass is 284 g/mol. The molecule has 0 bridgehead atoms. The van der Waals surface area contributed by atoms with E-state index in [9.17, 15) is 14.4 Å². The molecule has 2 amide bonds. The number of amides is 2. The average Bonchev–Trinajstić information content (AvgIpc) is 2.92. The second kappa shape index (κ2) is 4.59. The van der Waals surface area contributed by atoms with Crippen molar-refractivity contribution in [2.45, 2.75) is 6.92 Å². The largest absolute Gasteiger partial charge is 0.365 e. The van der Waals surface area contributed by atoms with Gasteiger partial charge in [-0.25, -0.2) is 4.79 Å². The van der Waals surface area contributed by atoms with Crippen LogP contribution in [0.1, 0.15) is 36.6 Å². The van der Waals surface area contributed by atoms with Gasteiger partial charge in [0.1, 0.15) is 0 Å². The van der Waals surface area contributed by atoms with E-state index in [1.807, 2.05) is 0 Å². The van der Waals surface area contributed by atoms with Crippen molar-refractivity contribution in [2.75, 3.05) is 0 Å². The first-order valence-electron chi connectivity index (χ1n) is 6.31. The minimum atomic E-state index is -0.734. The second-order valence-corrected chi connectivity index (χ2v) is 4.85. The topological polar surface area (TPSA) is 68.6 Å². The molecule has 1 aliphatic heterocycles. The van der Waals surface area contributed by atoms with E-state index < -0.39 is 17.8 Å². The van der Waals surface area contributed by atoms with Crippen molar-refractivity contribution in [3.63, 3.8) is 0 Å². The fourth-order valence-corrected chi connectivity index (χ4v) is 2.31. The summed E-state index contributed by atoms with van der Waals surface area (Å²) in [6.45, 7) is 1.75. The molecular weight excluding hydrogens is 272 g/mol. The van der Waals surface area contributed by atoms with Crippen LogP contribution < -0.4 is 0 Å². The van der Waals surface area contributed by atoms with E-state index >= 15 is 0 Å². The highest BCUT2D eigenvalue weighted by Gasteiger charge is 2.39. The maximum absolute atomic E-state index is 12.1. The molecule has 2 aromatic rings. The lowest BCUT2D eigenvalue weighted by molar-refractivity contribution is -0.0585. The third-order valence-electron chi connectivity index (χ3n) is 3.31. The van der Waals surface area contributed by atoms with E-state index in [2.05, 4.69) is 0 Å². The van der Waals surface area contributed by atoms with Crippen molar-refractivity contribution >= 4 is 17.8 Å². The predicted molar refractivity (Wildman–Crippen MR) is 72.5 cm³/mol. The number of aryl methyl sites for hydroxylation is 2. The highest BCUT2D eigenvalue weighted by molar-refractivity contribution is 6.21. The minimum Gasteiger partial charge on any atom is -0.356 e. The molecule has 1 aliphatic rings. The maximum Gasteiger partial charge on any atom is 0.365 e. The molecule has 3 rings (SSSR count). The van der Waals surface area contributed by atoms with E-state index in [0.717, 1.165) is 0 Å². The molecule has 6 heteroatoms. The van der Waals surface area contributed by atoms with Gasteiger partial charge >= 0.3 is 5.97 Å². The zero-order valence-electron chi connectivity index (χ0n) is 11.5. The molecule has 0 N–H and O–H groups in total. The summed E-state index contributed by atoms with van der Waals surface area (Å²) < 4.78 is 1.70. The van der Waals surface area contributed by atoms with Gasteiger partial charge in [0.25, 0.3) is 11.8 Å². The van der Waals surface area contributed by atoms with Crippen LogP contribution in [0.15, 0.2) is 36.7 Å². The van der Waals surface area contributed by atoms with Gasteiger partial charge in [-0.05, 0) is 24.6 Å². The third-order valence-corrected chi connectivity index (χ3v) is 3.31. The van der Waals surface area contributed by atoms with Gasteiger partial charge in [-0.2, -0.15) is 0 Å². The van der Waals surface area contributed by atoms with Crippen molar-refractivity contribution in [3.8, 4) is 0 Å². The number of rotatable bonds is 2. The summed E-state index contributed by atoms with van der Waals surface area (Å²) in [5, 5.41) is 0.513. The van der Waals surface area contributed by atoms with Crippen LogP contribution in [0, 0.1) is 6.92 Å². The summed E-state index contributed by atoms with van der Waals surface area (Å²) in [6, 6.07) is 6.35. The summed E-state index contributed by atoms with van der Waals surface area (Å²) in [5.74, 6) is -1.99. The van der Waals surface area contributed by atoms with Crippen LogP contribution in [0.3, 0.4) is 0 Å². The number of fused-ring (bicyclic) bond motifs is 1. The quantitative estimate of drug-likeness (QED) is 0.787. The summed E-state index contributed by atoms with van der Waals surface area (Å²) in [5.41, 5.74) is 1.49. The van der Waals surface area contributed by atoms with Gasteiger partial charge in [-0.15, -0.1) is 0 Å². The lowest BCUT2D eigenvalue weighted by Gasteiger charge is -2.12. The Morgan fingerprint density at radius 2 is 1.62 bits per heavy atom. The average molecular weight is 284 g/mol. The first kappa shape index (κ1) is 13.1. The number of benzene rings is 1. The molecule has 0 spiro atoms. The Bertz CT molecular complexity index is 741. The number of carbonyl (C=O) groups is 3. The Kier molecular flexibility index (Phi) is 2.86. The van der Waals surface area contributed by atoms with Crippen LogP contribution in [-0.2, 0) is 11.9 Å². The molecule has 1 aromatic heterocycles. The summed E-state index contributed by atoms with van der Waals surface area (Å²) in [4.78, 5) is 41.2. The Labute approximate surface area is 120 Å². The summed E-state index contributed by atoms with van der Waals surface area (Å²) >= 11 is 0. The normalized spacial score (nSPS) is 13.5. The zero-order chi connectivity index (χ0) is 15.1. The maximum atomic E-state index is 12.1. The van der Waals surface area contributed by atoms with Gasteiger partial charge in [0.2, 0.25) is 0 Å². The van der Waals surface area contributed by atoms with E-state index in [1.165, 1.54) is 12.1 Å². The molecule has 0 atom stereocenters. The molecule has 1 aromatic carbocycles. The molecule has 0 saturated heterocycles. The molecule has 0 fully saturated rings. The molecule has 0 unspecified atom stereocenters. The van der Waals surface area contributed by atoms with Crippen LogP contribution in [0.25, 0.3) is 0 Å². The second-order valence-electron chi connectivity index (χ2n) is 4.85. The van der Waals surface area contributed by atoms with Crippen molar-refractivity contribution in [3.05, 3.63) is 58.9 Å². The van der Waals surface area contributed by atoms with E-state index in [4.69, 9.17) is 4.84 Å². The van der Waals surface area contributed by atoms with Gasteiger partial charge in [0.05, 0.1) is 16.7 Å². The van der Waals surface area contributed by atoms with Crippen LogP contribution in [0.2, 0.25) is 0 Å². The molecule has 0 saturated carbocycles. The number of nitrogens with zero attached hydrogens (tertiary/aromatic N) is 2. The smallest absolute Gasteiger partial charge is 0.356 e. The van der Waals surface area contributed by atoms with Crippen LogP contribution in [-0.4, -0.2) is 27.4 Å². The van der Waals surface area contributed by atoms with Gasteiger partial charge in [-0.1, -0.05) is 17.2 Å². The van der Waals surface area contributed by atoms with E-state index in [0.29, 0.717) is 16.2 Å². The minimum absolute atomic E-state index is 0.236. The van der Waals surface area contributed by atoms with Crippen molar-refractivity contribution in [2.24, 2.45) is 7.05 Å². The van der Waals surface area contributed by atoms with Gasteiger partial charge in [0.15, 0.2) is 0 Å². The van der Waals surface area contributed by atoms with Crippen molar-refractivity contribution < 1.29 is 19.2 Å². The number of hydrogen-bond donors (Lipinski definition) is 0. The third kappa shape index (κ3) is 2.01. The Morgan fingerprint density at radius 1 is 1.05 bits per heavy atom. The number of carbonyl (C=O) groups excluding carboxylic acids is 3. The van der Waals surface area contributed by atoms with Gasteiger partial charge < -0.3 is 9.40 Å². The Hall–Kier alpha value is -2.89. The van der Waals surface area contributed by atoms with Crippen LogP contribution >= 0.6 is 0 Å². The highest BCUT2D eigenvalue weighted by atomic mass is 16.7. The lowest BCUT2D eigenvalue weighted by Crippen LogP contribution is -2.32. The standard InChI is InChI=1S/C15H12N2O4/c1-9-7-16(2)8-12(9)15(20)21-17-13(18)10-5-3-4-6-11(10)14(17)19/h3-8H,1-2H3. The first-order chi connectivity index (χ1) is 9.99. The number of hydroxylamine groups is 2. The molecule has 0 radical (unpaired) electrons. The predicted octanol–water partition coefficient (Wildman–Crippen LogP) is 1.70. The van der Waals surface area contributed by atoms with Crippen LogP contribution in [0.4, 0.5) is 0 Å². The summed E-state index contributed by atoms with van der Waals surface area (Å²) in [6.07, 6.45) is 3.33. The van der Waals surface area contributed by atoms with Crippen LogP contribution in [0.5, 0.6) is 0 Å². The zero-order valence-corrected chi connectivity index (χ0v) is 11.5. The number of aromatic nitrogens is 1. The highest BCUT2D eigenvalue weighted by Crippen LogP contribution is 2.23. The Balaban J connectivity index is 1.87. The molecule has 106 valence electrons. The molecule has 0 aliphatic carbocycles. The number of imide groups is 1.